The predicted molar refractivity (Wildman–Crippen MR) is 65.2 cm³/mol. The topological polar surface area (TPSA) is 60.2 Å². The van der Waals surface area contributed by atoms with E-state index in [0.29, 0.717) is 0 Å². The first-order valence-corrected chi connectivity index (χ1v) is 5.06. The number of rotatable bonds is 5. The third kappa shape index (κ3) is 2.71. The maximum atomic E-state index is 11.7. The summed E-state index contributed by atoms with van der Waals surface area (Å²) in [5.41, 5.74) is 4.54. The van der Waals surface area contributed by atoms with Gasteiger partial charge in [0.25, 0.3) is 0 Å². The molecule has 84 valence electrons. The zero-order chi connectivity index (χ0) is 12.4. The summed E-state index contributed by atoms with van der Waals surface area (Å²) in [6, 6.07) is 0. The lowest BCUT2D eigenvalue weighted by molar-refractivity contribution is -0.126. The average Bonchev–Trinajstić information content (AvgIpc) is 2.13. The molecule has 0 aliphatic heterocycles. The maximum Gasteiger partial charge on any atom is 0.184 e. The van der Waals surface area contributed by atoms with Crippen LogP contribution in [0.25, 0.3) is 0 Å². The zero-order valence-electron chi connectivity index (χ0n) is 8.71. The average molecular weight is 248 g/mol. The summed E-state index contributed by atoms with van der Waals surface area (Å²) in [5.74, 6) is -1.16. The van der Waals surface area contributed by atoms with Gasteiger partial charge in [0, 0.05) is 0 Å². The number of allylic oxidation sites excluding steroid dienone is 2. The third-order valence-electron chi connectivity index (χ3n) is 1.87. The van der Waals surface area contributed by atoms with Crippen LogP contribution in [0.4, 0.5) is 0 Å². The Labute approximate surface area is 99.8 Å². The van der Waals surface area contributed by atoms with Gasteiger partial charge in [-0.15, -0.1) is 11.6 Å². The molecule has 15 heavy (non-hydrogen) atoms. The van der Waals surface area contributed by atoms with Crippen molar-refractivity contribution in [2.75, 3.05) is 0 Å². The number of alkyl halides is 1. The highest BCUT2D eigenvalue weighted by atomic mass is 35.5. The number of hydrogen-bond donors (Lipinski definition) is 2. The molecule has 0 aromatic heterocycles. The molecular weight excluding hydrogens is 234 g/mol. The fraction of sp³-hybridized carbons (Fsp3) is 0.400. The first-order valence-electron chi connectivity index (χ1n) is 4.18. The molecule has 0 aliphatic carbocycles. The van der Waals surface area contributed by atoms with Crippen molar-refractivity contribution in [3.8, 4) is 0 Å². The Morgan fingerprint density at radius 3 is 1.67 bits per heavy atom. The van der Waals surface area contributed by atoms with Crippen molar-refractivity contribution in [1.29, 1.82) is 0 Å². The molecule has 0 heterocycles. The minimum absolute atomic E-state index is 0.177. The largest absolute Gasteiger partial charge is 0.313 e. The second-order valence-corrected chi connectivity index (χ2v) is 4.56. The van der Waals surface area contributed by atoms with Crippen molar-refractivity contribution in [2.45, 2.75) is 24.1 Å². The molecule has 1 unspecified atom stereocenters. The van der Waals surface area contributed by atoms with Gasteiger partial charge in [-0.05, 0) is 25.0 Å². The van der Waals surface area contributed by atoms with Crippen LogP contribution in [0.1, 0.15) is 13.8 Å². The van der Waals surface area contributed by atoms with Crippen molar-refractivity contribution in [2.24, 2.45) is 5.73 Å². The second kappa shape index (κ2) is 4.96. The Bertz CT molecular complexity index is 310. The standard InChI is InChI=1S/C10H14ClNO2S/c1-5(2)7(13)10(15,9(11)12)8(14)6(3)4/h9,15H,1,3,12H2,2,4H3. The van der Waals surface area contributed by atoms with Crippen LogP contribution in [0, 0.1) is 0 Å². The highest BCUT2D eigenvalue weighted by Gasteiger charge is 2.46. The van der Waals surface area contributed by atoms with Crippen molar-refractivity contribution in [3.63, 3.8) is 0 Å². The smallest absolute Gasteiger partial charge is 0.184 e. The van der Waals surface area contributed by atoms with E-state index in [1.807, 2.05) is 0 Å². The molecule has 0 rings (SSSR count). The highest BCUT2D eigenvalue weighted by Crippen LogP contribution is 2.28. The van der Waals surface area contributed by atoms with Gasteiger partial charge in [0.1, 0.15) is 5.50 Å². The number of carbonyl (C=O) groups is 2. The van der Waals surface area contributed by atoms with Crippen LogP contribution in [0.5, 0.6) is 0 Å². The number of thiol groups is 1. The lowest BCUT2D eigenvalue weighted by Gasteiger charge is -2.28. The Kier molecular flexibility index (Phi) is 4.77. The predicted octanol–water partition coefficient (Wildman–Crippen LogP) is 1.47. The van der Waals surface area contributed by atoms with Gasteiger partial charge in [-0.2, -0.15) is 12.6 Å². The summed E-state index contributed by atoms with van der Waals surface area (Å²) in [6.45, 7) is 9.84. The number of Topliss-reactive ketones (excluding diaryl/α,β-unsaturated/α-hetero) is 2. The Morgan fingerprint density at radius 1 is 1.27 bits per heavy atom. The number of halogens is 1. The van der Waals surface area contributed by atoms with Gasteiger partial charge >= 0.3 is 0 Å². The van der Waals surface area contributed by atoms with E-state index in [-0.39, 0.29) is 11.1 Å². The SMILES string of the molecule is C=C(C)C(=O)C(S)(C(=O)C(=C)C)C(N)Cl. The van der Waals surface area contributed by atoms with E-state index in [9.17, 15) is 9.59 Å². The van der Waals surface area contributed by atoms with Crippen LogP contribution in [0.15, 0.2) is 24.3 Å². The minimum atomic E-state index is -1.78. The number of carbonyl (C=O) groups excluding carboxylic acids is 2. The molecule has 0 aromatic carbocycles. The molecule has 2 N–H and O–H groups in total. The molecule has 0 saturated heterocycles. The quantitative estimate of drug-likeness (QED) is 0.254. The summed E-state index contributed by atoms with van der Waals surface area (Å²) in [4.78, 5) is 23.5. The molecule has 0 bridgehead atoms. The number of hydrogen-bond acceptors (Lipinski definition) is 4. The van der Waals surface area contributed by atoms with Gasteiger partial charge in [0.05, 0.1) is 0 Å². The molecule has 0 aromatic rings. The number of nitrogens with two attached hydrogens (primary N) is 1. The summed E-state index contributed by atoms with van der Waals surface area (Å²) >= 11 is 9.64. The van der Waals surface area contributed by atoms with E-state index < -0.39 is 21.8 Å². The van der Waals surface area contributed by atoms with Gasteiger partial charge in [0.15, 0.2) is 16.3 Å². The first kappa shape index (κ1) is 14.4. The molecule has 0 fully saturated rings. The van der Waals surface area contributed by atoms with E-state index in [4.69, 9.17) is 17.3 Å². The zero-order valence-corrected chi connectivity index (χ0v) is 10.4. The molecule has 1 atom stereocenters. The normalized spacial score (nSPS) is 13.1. The monoisotopic (exact) mass is 247 g/mol. The van der Waals surface area contributed by atoms with Crippen LogP contribution in [0.2, 0.25) is 0 Å². The van der Waals surface area contributed by atoms with Crippen LogP contribution in [0.3, 0.4) is 0 Å². The molecule has 0 saturated carbocycles. The molecular formula is C10H14ClNO2S. The maximum absolute atomic E-state index is 11.7. The van der Waals surface area contributed by atoms with E-state index in [0.717, 1.165) is 0 Å². The van der Waals surface area contributed by atoms with Crippen LogP contribution in [-0.2, 0) is 9.59 Å². The van der Waals surface area contributed by atoms with Gasteiger partial charge in [0.2, 0.25) is 0 Å². The van der Waals surface area contributed by atoms with Crippen molar-refractivity contribution >= 4 is 35.8 Å². The van der Waals surface area contributed by atoms with Crippen molar-refractivity contribution < 1.29 is 9.59 Å². The Morgan fingerprint density at radius 2 is 1.53 bits per heavy atom. The molecule has 0 spiro atoms. The molecule has 0 radical (unpaired) electrons. The molecule has 0 aliphatic rings. The molecule has 3 nitrogen and oxygen atoms in total. The summed E-state index contributed by atoms with van der Waals surface area (Å²) in [5, 5.41) is 0. The van der Waals surface area contributed by atoms with Gasteiger partial charge in [-0.25, -0.2) is 0 Å². The van der Waals surface area contributed by atoms with Crippen molar-refractivity contribution in [1.82, 2.24) is 0 Å². The van der Waals surface area contributed by atoms with Crippen LogP contribution >= 0.6 is 24.2 Å². The van der Waals surface area contributed by atoms with E-state index in [1.54, 1.807) is 0 Å². The van der Waals surface area contributed by atoms with Crippen molar-refractivity contribution in [3.05, 3.63) is 24.3 Å². The van der Waals surface area contributed by atoms with Gasteiger partial charge in [-0.3, -0.25) is 9.59 Å². The first-order chi connectivity index (χ1) is 6.65. The van der Waals surface area contributed by atoms with Gasteiger partial charge in [-0.1, -0.05) is 13.2 Å². The fourth-order valence-corrected chi connectivity index (χ4v) is 1.58. The molecule has 0 amide bonds. The fourth-order valence-electron chi connectivity index (χ4n) is 1.00. The van der Waals surface area contributed by atoms with Crippen LogP contribution in [-0.4, -0.2) is 21.8 Å². The lowest BCUT2D eigenvalue weighted by Crippen LogP contribution is -2.53. The minimum Gasteiger partial charge on any atom is -0.313 e. The van der Waals surface area contributed by atoms with Gasteiger partial charge < -0.3 is 5.73 Å². The van der Waals surface area contributed by atoms with E-state index in [1.165, 1.54) is 13.8 Å². The molecule has 5 heteroatoms. The number of ketones is 2. The summed E-state index contributed by atoms with van der Waals surface area (Å²) < 4.78 is -1.78. The third-order valence-corrected chi connectivity index (χ3v) is 3.03. The summed E-state index contributed by atoms with van der Waals surface area (Å²) in [7, 11) is 0. The highest BCUT2D eigenvalue weighted by molar-refractivity contribution is 7.84. The van der Waals surface area contributed by atoms with E-state index in [2.05, 4.69) is 25.8 Å². The second-order valence-electron chi connectivity index (χ2n) is 3.39. The Balaban J connectivity index is 5.45. The lowest BCUT2D eigenvalue weighted by atomic mass is 9.90. The Hall–Kier alpha value is -0.580. The summed E-state index contributed by atoms with van der Waals surface area (Å²) in [6.07, 6.45) is 0. The van der Waals surface area contributed by atoms with Crippen LogP contribution < -0.4 is 5.73 Å². The van der Waals surface area contributed by atoms with E-state index >= 15 is 0 Å².